The van der Waals surface area contributed by atoms with Crippen molar-refractivity contribution in [1.29, 1.82) is 0 Å². The second kappa shape index (κ2) is 8.87. The number of nitrogens with zero attached hydrogens (tertiary/aromatic N) is 2. The summed E-state index contributed by atoms with van der Waals surface area (Å²) < 4.78 is 42.5. The maximum atomic E-state index is 13.7. The van der Waals surface area contributed by atoms with Gasteiger partial charge in [-0.2, -0.15) is 5.10 Å². The van der Waals surface area contributed by atoms with E-state index in [9.17, 15) is 17.6 Å². The largest absolute Gasteiger partial charge is 0.307 e. The molecule has 9 heteroatoms. The zero-order valence-electron chi connectivity index (χ0n) is 15.8. The van der Waals surface area contributed by atoms with Gasteiger partial charge in [-0.25, -0.2) is 17.5 Å². The Bertz CT molecular complexity index is 1090. The van der Waals surface area contributed by atoms with Crippen molar-refractivity contribution in [3.05, 3.63) is 72.2 Å². The Hall–Kier alpha value is -3.20. The standard InChI is InChI=1S/C20H21FN4O3S/c1-2-3-14-25-19(12-13-22-25)23-20(26)15-8-10-16(11-9-15)29(27,28)24-18-7-5-4-6-17(18)21/h4-13,24H,2-3,14H2,1H3,(H,23,26). The van der Waals surface area contributed by atoms with E-state index >= 15 is 0 Å². The lowest BCUT2D eigenvalue weighted by atomic mass is 10.2. The molecule has 0 saturated carbocycles. The van der Waals surface area contributed by atoms with Crippen LogP contribution in [-0.4, -0.2) is 24.1 Å². The van der Waals surface area contributed by atoms with Gasteiger partial charge < -0.3 is 5.32 Å². The highest BCUT2D eigenvalue weighted by Crippen LogP contribution is 2.19. The SMILES string of the molecule is CCCCn1nccc1NC(=O)c1ccc(S(=O)(=O)Nc2ccccc2F)cc1. The Morgan fingerprint density at radius 3 is 2.52 bits per heavy atom. The van der Waals surface area contributed by atoms with Gasteiger partial charge in [-0.3, -0.25) is 9.52 Å². The number of carbonyl (C=O) groups is 1. The number of rotatable bonds is 8. The topological polar surface area (TPSA) is 93.1 Å². The summed E-state index contributed by atoms with van der Waals surface area (Å²) in [6, 6.07) is 12.6. The average Bonchev–Trinajstić information content (AvgIpc) is 3.15. The van der Waals surface area contributed by atoms with Crippen molar-refractivity contribution in [1.82, 2.24) is 9.78 Å². The van der Waals surface area contributed by atoms with Gasteiger partial charge >= 0.3 is 0 Å². The Morgan fingerprint density at radius 1 is 1.10 bits per heavy atom. The van der Waals surface area contributed by atoms with E-state index in [1.807, 2.05) is 0 Å². The molecule has 7 nitrogen and oxygen atoms in total. The van der Waals surface area contributed by atoms with Crippen molar-refractivity contribution < 1.29 is 17.6 Å². The van der Waals surface area contributed by atoms with Gasteiger partial charge in [0.2, 0.25) is 0 Å². The first kappa shape index (κ1) is 20.5. The number of aryl methyl sites for hydroxylation is 1. The van der Waals surface area contributed by atoms with Gasteiger partial charge in [-0.05, 0) is 42.8 Å². The summed E-state index contributed by atoms with van der Waals surface area (Å²) >= 11 is 0. The predicted octanol–water partition coefficient (Wildman–Crippen LogP) is 3.88. The molecule has 0 atom stereocenters. The van der Waals surface area contributed by atoms with E-state index in [2.05, 4.69) is 22.1 Å². The molecular formula is C20H21FN4O3S. The maximum absolute atomic E-state index is 13.7. The van der Waals surface area contributed by atoms with Crippen molar-refractivity contribution in [2.45, 2.75) is 31.2 Å². The number of aromatic nitrogens is 2. The quantitative estimate of drug-likeness (QED) is 0.583. The normalized spacial score (nSPS) is 11.2. The molecular weight excluding hydrogens is 395 g/mol. The van der Waals surface area contributed by atoms with Gasteiger partial charge in [0, 0.05) is 18.2 Å². The third-order valence-electron chi connectivity index (χ3n) is 4.23. The number of nitrogens with one attached hydrogen (secondary N) is 2. The van der Waals surface area contributed by atoms with Crippen LogP contribution < -0.4 is 10.0 Å². The molecule has 3 rings (SSSR count). The van der Waals surface area contributed by atoms with Crippen LogP contribution in [0, 0.1) is 5.82 Å². The minimum absolute atomic E-state index is 0.0784. The second-order valence-electron chi connectivity index (χ2n) is 6.36. The molecule has 0 bridgehead atoms. The minimum Gasteiger partial charge on any atom is -0.307 e. The van der Waals surface area contributed by atoms with Gasteiger partial charge in [0.25, 0.3) is 15.9 Å². The van der Waals surface area contributed by atoms with Crippen molar-refractivity contribution in [2.75, 3.05) is 10.0 Å². The first-order chi connectivity index (χ1) is 13.9. The van der Waals surface area contributed by atoms with Crippen LogP contribution in [0.3, 0.4) is 0 Å². The molecule has 1 aromatic heterocycles. The van der Waals surface area contributed by atoms with E-state index in [4.69, 9.17) is 0 Å². The lowest BCUT2D eigenvalue weighted by Gasteiger charge is -2.10. The highest BCUT2D eigenvalue weighted by molar-refractivity contribution is 7.92. The van der Waals surface area contributed by atoms with E-state index in [1.54, 1.807) is 16.9 Å². The summed E-state index contributed by atoms with van der Waals surface area (Å²) in [5, 5.41) is 6.95. The highest BCUT2D eigenvalue weighted by Gasteiger charge is 2.17. The highest BCUT2D eigenvalue weighted by atomic mass is 32.2. The van der Waals surface area contributed by atoms with Crippen molar-refractivity contribution in [3.8, 4) is 0 Å². The number of hydrogen-bond donors (Lipinski definition) is 2. The van der Waals surface area contributed by atoms with Gasteiger partial charge in [-0.1, -0.05) is 25.5 Å². The van der Waals surface area contributed by atoms with Crippen molar-refractivity contribution in [3.63, 3.8) is 0 Å². The number of anilines is 2. The fourth-order valence-electron chi connectivity index (χ4n) is 2.65. The number of hydrogen-bond acceptors (Lipinski definition) is 4. The Labute approximate surface area is 168 Å². The monoisotopic (exact) mass is 416 g/mol. The molecule has 0 aliphatic heterocycles. The van der Waals surface area contributed by atoms with Gasteiger partial charge in [0.15, 0.2) is 0 Å². The second-order valence-corrected chi connectivity index (χ2v) is 8.04. The molecule has 2 N–H and O–H groups in total. The fraction of sp³-hybridized carbons (Fsp3) is 0.200. The number of benzene rings is 2. The third kappa shape index (κ3) is 5.00. The molecule has 2 aromatic carbocycles. The number of sulfonamides is 1. The Kier molecular flexibility index (Phi) is 6.28. The molecule has 0 fully saturated rings. The van der Waals surface area contributed by atoms with Gasteiger partial charge in [-0.15, -0.1) is 0 Å². The molecule has 152 valence electrons. The van der Waals surface area contributed by atoms with Crippen LogP contribution >= 0.6 is 0 Å². The first-order valence-electron chi connectivity index (χ1n) is 9.11. The summed E-state index contributed by atoms with van der Waals surface area (Å²) in [6.45, 7) is 2.76. The molecule has 1 amide bonds. The van der Waals surface area contributed by atoms with Crippen molar-refractivity contribution in [2.24, 2.45) is 0 Å². The molecule has 0 saturated heterocycles. The minimum atomic E-state index is -3.98. The van der Waals surface area contributed by atoms with E-state index in [0.29, 0.717) is 12.4 Å². The van der Waals surface area contributed by atoms with Gasteiger partial charge in [0.05, 0.1) is 16.8 Å². The van der Waals surface area contributed by atoms with Gasteiger partial charge in [0.1, 0.15) is 11.6 Å². The third-order valence-corrected chi connectivity index (χ3v) is 5.61. The number of amides is 1. The van der Waals surface area contributed by atoms with Crippen LogP contribution in [0.1, 0.15) is 30.1 Å². The van der Waals surface area contributed by atoms with Crippen molar-refractivity contribution >= 4 is 27.4 Å². The lowest BCUT2D eigenvalue weighted by Crippen LogP contribution is -2.17. The number of para-hydroxylation sites is 1. The van der Waals surface area contributed by atoms with Crippen LogP contribution in [0.25, 0.3) is 0 Å². The zero-order valence-corrected chi connectivity index (χ0v) is 16.6. The Morgan fingerprint density at radius 2 is 1.83 bits per heavy atom. The maximum Gasteiger partial charge on any atom is 0.261 e. The van der Waals surface area contributed by atoms with Crippen LogP contribution in [0.15, 0.2) is 65.7 Å². The molecule has 3 aromatic rings. The summed E-state index contributed by atoms with van der Waals surface area (Å²) in [4.78, 5) is 12.4. The molecule has 29 heavy (non-hydrogen) atoms. The van der Waals surface area contributed by atoms with Crippen LogP contribution in [0.4, 0.5) is 15.9 Å². The predicted molar refractivity (Wildman–Crippen MR) is 109 cm³/mol. The van der Waals surface area contributed by atoms with E-state index < -0.39 is 15.8 Å². The zero-order chi connectivity index (χ0) is 20.9. The molecule has 0 unspecified atom stereocenters. The summed E-state index contributed by atoms with van der Waals surface area (Å²) in [5.74, 6) is -0.484. The van der Waals surface area contributed by atoms with E-state index in [-0.39, 0.29) is 22.1 Å². The number of carbonyl (C=O) groups excluding carboxylic acids is 1. The summed E-state index contributed by atoms with van der Waals surface area (Å²) in [6.07, 6.45) is 3.55. The molecule has 0 aliphatic rings. The van der Waals surface area contributed by atoms with Crippen LogP contribution in [-0.2, 0) is 16.6 Å². The number of unbranched alkanes of at least 4 members (excludes halogenated alkanes) is 1. The number of halogens is 1. The lowest BCUT2D eigenvalue weighted by molar-refractivity contribution is 0.102. The summed E-state index contributed by atoms with van der Waals surface area (Å²) in [5.41, 5.74) is 0.146. The fourth-order valence-corrected chi connectivity index (χ4v) is 3.71. The van der Waals surface area contributed by atoms with Crippen LogP contribution in [0.5, 0.6) is 0 Å². The summed E-state index contributed by atoms with van der Waals surface area (Å²) in [7, 11) is -3.98. The van der Waals surface area contributed by atoms with E-state index in [0.717, 1.165) is 18.9 Å². The Balaban J connectivity index is 1.72. The molecule has 0 aliphatic carbocycles. The first-order valence-corrected chi connectivity index (χ1v) is 10.6. The molecule has 1 heterocycles. The smallest absolute Gasteiger partial charge is 0.261 e. The van der Waals surface area contributed by atoms with E-state index in [1.165, 1.54) is 42.5 Å². The molecule has 0 spiro atoms. The van der Waals surface area contributed by atoms with Crippen LogP contribution in [0.2, 0.25) is 0 Å². The average molecular weight is 416 g/mol. The molecule has 0 radical (unpaired) electrons.